The molecule has 0 radical (unpaired) electrons. The Morgan fingerprint density at radius 3 is 2.59 bits per heavy atom. The molecule has 2 unspecified atom stereocenters. The quantitative estimate of drug-likeness (QED) is 0.682. The van der Waals surface area contributed by atoms with Crippen LogP contribution in [0.3, 0.4) is 0 Å². The molecule has 0 aliphatic carbocycles. The molecule has 3 aromatic rings. The molecule has 0 saturated carbocycles. The molecule has 29 heavy (non-hydrogen) atoms. The lowest BCUT2D eigenvalue weighted by Gasteiger charge is -2.37. The van der Waals surface area contributed by atoms with Crippen LogP contribution in [0.15, 0.2) is 65.5 Å². The Kier molecular flexibility index (Phi) is 5.32. The summed E-state index contributed by atoms with van der Waals surface area (Å²) in [5.41, 5.74) is 1.13. The molecular weight excluding hydrogens is 381 g/mol. The van der Waals surface area contributed by atoms with Gasteiger partial charge in [0.15, 0.2) is 12.2 Å². The van der Waals surface area contributed by atoms with Crippen LogP contribution in [0.2, 0.25) is 0 Å². The number of hydrogen-bond donors (Lipinski definition) is 1. The molecule has 0 bridgehead atoms. The van der Waals surface area contributed by atoms with Crippen LogP contribution >= 0.6 is 0 Å². The molecule has 4 nitrogen and oxygen atoms in total. The zero-order chi connectivity index (χ0) is 20.4. The standard InChI is InChI=1S/C22H21F3N2O2/c23-22(24,25)18-9-17(21-12-26-14-29-21)10-19(11-18)27-7-6-16(20(28)13-27)8-15-4-2-1-3-5-15/h1-5,9-12,14,16,20,28H,6-8,13H2. The average molecular weight is 402 g/mol. The molecule has 0 amide bonds. The normalized spacial score (nSPS) is 20.1. The van der Waals surface area contributed by atoms with E-state index in [0.717, 1.165) is 24.1 Å². The zero-order valence-corrected chi connectivity index (χ0v) is 15.6. The van der Waals surface area contributed by atoms with Gasteiger partial charge >= 0.3 is 6.18 Å². The van der Waals surface area contributed by atoms with Gasteiger partial charge in [-0.1, -0.05) is 30.3 Å². The molecule has 7 heteroatoms. The van der Waals surface area contributed by atoms with Crippen LogP contribution in [0, 0.1) is 5.92 Å². The molecule has 1 aromatic heterocycles. The van der Waals surface area contributed by atoms with Gasteiger partial charge in [0.25, 0.3) is 0 Å². The minimum Gasteiger partial charge on any atom is -0.444 e. The number of aliphatic hydroxyl groups excluding tert-OH is 1. The number of oxazole rings is 1. The van der Waals surface area contributed by atoms with E-state index in [-0.39, 0.29) is 18.2 Å². The lowest BCUT2D eigenvalue weighted by Crippen LogP contribution is -2.44. The smallest absolute Gasteiger partial charge is 0.416 e. The maximum Gasteiger partial charge on any atom is 0.416 e. The van der Waals surface area contributed by atoms with E-state index in [1.165, 1.54) is 12.6 Å². The van der Waals surface area contributed by atoms with E-state index in [2.05, 4.69) is 4.98 Å². The Hall–Kier alpha value is -2.80. The number of aromatic nitrogens is 1. The second kappa shape index (κ2) is 7.91. The number of alkyl halides is 3. The summed E-state index contributed by atoms with van der Waals surface area (Å²) in [4.78, 5) is 5.60. The maximum atomic E-state index is 13.4. The van der Waals surface area contributed by atoms with Crippen LogP contribution in [0.5, 0.6) is 0 Å². The van der Waals surface area contributed by atoms with Gasteiger partial charge < -0.3 is 14.4 Å². The molecule has 1 aliphatic rings. The third kappa shape index (κ3) is 4.45. The molecule has 2 atom stereocenters. The van der Waals surface area contributed by atoms with E-state index in [4.69, 9.17) is 4.42 Å². The highest BCUT2D eigenvalue weighted by Gasteiger charge is 2.33. The van der Waals surface area contributed by atoms with Gasteiger partial charge in [-0.25, -0.2) is 4.98 Å². The minimum absolute atomic E-state index is 0.0770. The predicted octanol–water partition coefficient (Wildman–Crippen LogP) is 4.79. The topological polar surface area (TPSA) is 49.5 Å². The van der Waals surface area contributed by atoms with Crippen LogP contribution < -0.4 is 4.90 Å². The number of benzene rings is 2. The first-order valence-electron chi connectivity index (χ1n) is 9.48. The van der Waals surface area contributed by atoms with Gasteiger partial charge in [-0.15, -0.1) is 0 Å². The fraction of sp³-hybridized carbons (Fsp3) is 0.318. The lowest BCUT2D eigenvalue weighted by molar-refractivity contribution is -0.137. The van der Waals surface area contributed by atoms with Crippen molar-refractivity contribution in [3.63, 3.8) is 0 Å². The van der Waals surface area contributed by atoms with Gasteiger partial charge in [0.2, 0.25) is 0 Å². The zero-order valence-electron chi connectivity index (χ0n) is 15.6. The molecular formula is C22H21F3N2O2. The molecule has 2 heterocycles. The van der Waals surface area contributed by atoms with Crippen molar-refractivity contribution in [2.45, 2.75) is 25.1 Å². The summed E-state index contributed by atoms with van der Waals surface area (Å²) in [6, 6.07) is 13.8. The Bertz CT molecular complexity index is 942. The number of nitrogens with zero attached hydrogens (tertiary/aromatic N) is 2. The molecule has 1 N–H and O–H groups in total. The monoisotopic (exact) mass is 402 g/mol. The van der Waals surface area contributed by atoms with E-state index in [0.29, 0.717) is 24.2 Å². The van der Waals surface area contributed by atoms with Crippen molar-refractivity contribution in [2.75, 3.05) is 18.0 Å². The van der Waals surface area contributed by atoms with Gasteiger partial charge in [0, 0.05) is 24.3 Å². The van der Waals surface area contributed by atoms with Crippen molar-refractivity contribution >= 4 is 5.69 Å². The number of piperidine rings is 1. The van der Waals surface area contributed by atoms with E-state index in [1.54, 1.807) is 11.0 Å². The molecule has 2 aromatic carbocycles. The van der Waals surface area contributed by atoms with Crippen molar-refractivity contribution in [1.29, 1.82) is 0 Å². The number of aliphatic hydroxyl groups is 1. The highest BCUT2D eigenvalue weighted by atomic mass is 19.4. The van der Waals surface area contributed by atoms with Crippen molar-refractivity contribution in [1.82, 2.24) is 4.98 Å². The second-order valence-electron chi connectivity index (χ2n) is 7.38. The Labute approximate surface area is 166 Å². The summed E-state index contributed by atoms with van der Waals surface area (Å²) in [5, 5.41) is 10.7. The fourth-order valence-electron chi connectivity index (χ4n) is 3.83. The molecule has 152 valence electrons. The fourth-order valence-corrected chi connectivity index (χ4v) is 3.83. The minimum atomic E-state index is -4.48. The van der Waals surface area contributed by atoms with Crippen LogP contribution in [0.25, 0.3) is 11.3 Å². The van der Waals surface area contributed by atoms with Crippen molar-refractivity contribution < 1.29 is 22.7 Å². The average Bonchev–Trinajstić information content (AvgIpc) is 3.24. The van der Waals surface area contributed by atoms with E-state index in [1.807, 2.05) is 30.3 Å². The number of β-amino-alcohol motifs (C(OH)–C–C–N with tert-alkyl or cyclic N) is 1. The van der Waals surface area contributed by atoms with E-state index in [9.17, 15) is 18.3 Å². The summed E-state index contributed by atoms with van der Waals surface area (Å²) in [5.74, 6) is 0.352. The number of anilines is 1. The summed E-state index contributed by atoms with van der Waals surface area (Å²) in [7, 11) is 0. The number of hydrogen-bond acceptors (Lipinski definition) is 4. The SMILES string of the molecule is OC1CN(c2cc(-c3cnco3)cc(C(F)(F)F)c2)CCC1Cc1ccccc1. The Morgan fingerprint density at radius 1 is 1.14 bits per heavy atom. The third-order valence-electron chi connectivity index (χ3n) is 5.39. The van der Waals surface area contributed by atoms with E-state index < -0.39 is 17.8 Å². The van der Waals surface area contributed by atoms with Crippen LogP contribution in [-0.2, 0) is 12.6 Å². The van der Waals surface area contributed by atoms with Crippen molar-refractivity contribution in [3.8, 4) is 11.3 Å². The summed E-state index contributed by atoms with van der Waals surface area (Å²) >= 11 is 0. The van der Waals surface area contributed by atoms with Gasteiger partial charge in [0.05, 0.1) is 17.9 Å². The van der Waals surface area contributed by atoms with Crippen molar-refractivity contribution in [3.05, 3.63) is 72.2 Å². The van der Waals surface area contributed by atoms with Gasteiger partial charge in [0.1, 0.15) is 0 Å². The summed E-state index contributed by atoms with van der Waals surface area (Å²) in [6.07, 6.45) is -1.07. The predicted molar refractivity (Wildman–Crippen MR) is 103 cm³/mol. The molecule has 1 saturated heterocycles. The first kappa shape index (κ1) is 19.5. The van der Waals surface area contributed by atoms with Gasteiger partial charge in [-0.2, -0.15) is 13.2 Å². The second-order valence-corrected chi connectivity index (χ2v) is 7.38. The van der Waals surface area contributed by atoms with E-state index >= 15 is 0 Å². The van der Waals surface area contributed by atoms with Gasteiger partial charge in [-0.05, 0) is 42.5 Å². The summed E-state index contributed by atoms with van der Waals surface area (Å²) in [6.45, 7) is 0.861. The lowest BCUT2D eigenvalue weighted by atomic mass is 9.87. The summed E-state index contributed by atoms with van der Waals surface area (Å²) < 4.78 is 45.5. The van der Waals surface area contributed by atoms with Crippen LogP contribution in [0.1, 0.15) is 17.5 Å². The number of halogens is 3. The Balaban J connectivity index is 1.56. The number of rotatable bonds is 4. The first-order chi connectivity index (χ1) is 13.9. The largest absolute Gasteiger partial charge is 0.444 e. The Morgan fingerprint density at radius 2 is 1.93 bits per heavy atom. The molecule has 1 aliphatic heterocycles. The highest BCUT2D eigenvalue weighted by molar-refractivity contribution is 5.66. The van der Waals surface area contributed by atoms with Crippen LogP contribution in [-0.4, -0.2) is 29.3 Å². The van der Waals surface area contributed by atoms with Gasteiger partial charge in [-0.3, -0.25) is 0 Å². The molecule has 1 fully saturated rings. The first-order valence-corrected chi connectivity index (χ1v) is 9.48. The van der Waals surface area contributed by atoms with Crippen molar-refractivity contribution in [2.24, 2.45) is 5.92 Å². The van der Waals surface area contributed by atoms with Crippen LogP contribution in [0.4, 0.5) is 18.9 Å². The maximum absolute atomic E-state index is 13.4. The third-order valence-corrected chi connectivity index (χ3v) is 5.39. The highest BCUT2D eigenvalue weighted by Crippen LogP contribution is 2.37. The molecule has 4 rings (SSSR count). The molecule has 0 spiro atoms.